The number of methoxy groups -OCH3 is 1. The van der Waals surface area contributed by atoms with Crippen LogP contribution in [0.25, 0.3) is 0 Å². The van der Waals surface area contributed by atoms with E-state index in [-0.39, 0.29) is 16.3 Å². The Morgan fingerprint density at radius 3 is 3.10 bits per heavy atom. The zero-order valence-electron chi connectivity index (χ0n) is 11.1. The summed E-state index contributed by atoms with van der Waals surface area (Å²) >= 11 is 1.05. The van der Waals surface area contributed by atoms with Gasteiger partial charge in [0.25, 0.3) is 0 Å². The summed E-state index contributed by atoms with van der Waals surface area (Å²) in [7, 11) is -2.53. The van der Waals surface area contributed by atoms with Gasteiger partial charge < -0.3 is 9.26 Å². The van der Waals surface area contributed by atoms with Crippen LogP contribution in [0.4, 0.5) is 0 Å². The number of aromatic nitrogens is 1. The van der Waals surface area contributed by atoms with E-state index in [2.05, 4.69) is 9.89 Å². The summed E-state index contributed by atoms with van der Waals surface area (Å²) in [4.78, 5) is 11.7. The molecule has 3 heterocycles. The molecule has 0 radical (unpaired) electrons. The highest BCUT2D eigenvalue weighted by molar-refractivity contribution is 7.89. The molecule has 0 aromatic carbocycles. The summed E-state index contributed by atoms with van der Waals surface area (Å²) in [5, 5.41) is 5.24. The standard InChI is InChI=1S/C12H12N2O5S2/c1-18-12(15)11-10(3-5-20-11)21(16,17)14-4-2-9-8(7-14)6-13-19-9/h3,5-6H,2,4,7H2,1H3. The van der Waals surface area contributed by atoms with Crippen molar-refractivity contribution in [3.63, 3.8) is 0 Å². The van der Waals surface area contributed by atoms with Crippen LogP contribution >= 0.6 is 11.3 Å². The molecule has 0 fully saturated rings. The van der Waals surface area contributed by atoms with Crippen molar-refractivity contribution in [1.82, 2.24) is 9.46 Å². The smallest absolute Gasteiger partial charge is 0.349 e. The lowest BCUT2D eigenvalue weighted by Crippen LogP contribution is -2.35. The summed E-state index contributed by atoms with van der Waals surface area (Å²) in [6.45, 7) is 0.485. The molecule has 0 unspecified atom stereocenters. The maximum Gasteiger partial charge on any atom is 0.349 e. The third-order valence-electron chi connectivity index (χ3n) is 3.28. The van der Waals surface area contributed by atoms with Crippen LogP contribution < -0.4 is 0 Å². The second kappa shape index (κ2) is 5.24. The van der Waals surface area contributed by atoms with E-state index in [4.69, 9.17) is 4.52 Å². The number of nitrogens with zero attached hydrogens (tertiary/aromatic N) is 2. The van der Waals surface area contributed by atoms with Gasteiger partial charge in [-0.2, -0.15) is 4.31 Å². The Morgan fingerprint density at radius 1 is 1.52 bits per heavy atom. The van der Waals surface area contributed by atoms with Gasteiger partial charge in [-0.25, -0.2) is 13.2 Å². The highest BCUT2D eigenvalue weighted by Gasteiger charge is 2.33. The van der Waals surface area contributed by atoms with E-state index in [1.807, 2.05) is 0 Å². The first-order valence-electron chi connectivity index (χ1n) is 6.12. The van der Waals surface area contributed by atoms with Crippen LogP contribution in [-0.2, 0) is 27.7 Å². The predicted molar refractivity (Wildman–Crippen MR) is 73.5 cm³/mol. The molecule has 0 bridgehead atoms. The highest BCUT2D eigenvalue weighted by Crippen LogP contribution is 2.29. The minimum atomic E-state index is -3.75. The quantitative estimate of drug-likeness (QED) is 0.788. The summed E-state index contributed by atoms with van der Waals surface area (Å²) < 4.78 is 36.4. The highest BCUT2D eigenvalue weighted by atomic mass is 32.2. The molecule has 0 amide bonds. The number of thiophene rings is 1. The molecule has 0 atom stereocenters. The number of sulfonamides is 1. The first kappa shape index (κ1) is 14.2. The van der Waals surface area contributed by atoms with Crippen LogP contribution in [0.2, 0.25) is 0 Å². The number of carbonyl (C=O) groups excluding carboxylic acids is 1. The summed E-state index contributed by atoms with van der Waals surface area (Å²) in [6.07, 6.45) is 1.98. The Labute approximate surface area is 125 Å². The van der Waals surface area contributed by atoms with Gasteiger partial charge in [0.2, 0.25) is 10.0 Å². The fourth-order valence-corrected chi connectivity index (χ4v) is 4.93. The molecular formula is C12H12N2O5S2. The van der Waals surface area contributed by atoms with Gasteiger partial charge in [0, 0.05) is 25.1 Å². The second-order valence-electron chi connectivity index (χ2n) is 4.47. The molecule has 21 heavy (non-hydrogen) atoms. The molecule has 0 spiro atoms. The molecule has 3 rings (SSSR count). The molecule has 2 aromatic heterocycles. The third-order valence-corrected chi connectivity index (χ3v) is 6.19. The van der Waals surface area contributed by atoms with Gasteiger partial charge in [-0.15, -0.1) is 11.3 Å². The number of ether oxygens (including phenoxy) is 1. The molecule has 0 aliphatic carbocycles. The van der Waals surface area contributed by atoms with Crippen LogP contribution in [-0.4, -0.2) is 37.5 Å². The fraction of sp³-hybridized carbons (Fsp3) is 0.333. The van der Waals surface area contributed by atoms with Crippen LogP contribution in [0.3, 0.4) is 0 Å². The van der Waals surface area contributed by atoms with E-state index >= 15 is 0 Å². The molecular weight excluding hydrogens is 316 g/mol. The zero-order valence-corrected chi connectivity index (χ0v) is 12.7. The predicted octanol–water partition coefficient (Wildman–Crippen LogP) is 1.27. The maximum atomic E-state index is 12.7. The van der Waals surface area contributed by atoms with Gasteiger partial charge in [-0.3, -0.25) is 0 Å². The average Bonchev–Trinajstić information content (AvgIpc) is 3.14. The second-order valence-corrected chi connectivity index (χ2v) is 7.29. The van der Waals surface area contributed by atoms with Gasteiger partial charge in [0.15, 0.2) is 0 Å². The van der Waals surface area contributed by atoms with Crippen molar-refractivity contribution in [2.24, 2.45) is 0 Å². The normalized spacial score (nSPS) is 15.7. The lowest BCUT2D eigenvalue weighted by Gasteiger charge is -2.24. The lowest BCUT2D eigenvalue weighted by atomic mass is 10.1. The van der Waals surface area contributed by atoms with Crippen molar-refractivity contribution in [3.8, 4) is 0 Å². The van der Waals surface area contributed by atoms with Gasteiger partial charge in [0.1, 0.15) is 15.5 Å². The Balaban J connectivity index is 1.95. The SMILES string of the molecule is COC(=O)c1sccc1S(=O)(=O)N1CCc2oncc2C1. The molecule has 2 aromatic rings. The molecule has 112 valence electrons. The van der Waals surface area contributed by atoms with E-state index in [1.54, 1.807) is 5.38 Å². The first-order valence-corrected chi connectivity index (χ1v) is 8.44. The van der Waals surface area contributed by atoms with Crippen molar-refractivity contribution >= 4 is 27.3 Å². The average molecular weight is 328 g/mol. The first-order chi connectivity index (χ1) is 10.0. The van der Waals surface area contributed by atoms with Gasteiger partial charge in [0.05, 0.1) is 13.3 Å². The molecule has 1 aliphatic rings. The van der Waals surface area contributed by atoms with Crippen molar-refractivity contribution in [2.75, 3.05) is 13.7 Å². The molecule has 0 saturated carbocycles. The molecule has 0 N–H and O–H groups in total. The molecule has 7 nitrogen and oxygen atoms in total. The van der Waals surface area contributed by atoms with Gasteiger partial charge in [-0.1, -0.05) is 5.16 Å². The Hall–Kier alpha value is -1.71. The van der Waals surface area contributed by atoms with E-state index in [0.717, 1.165) is 16.9 Å². The topological polar surface area (TPSA) is 89.7 Å². The van der Waals surface area contributed by atoms with Gasteiger partial charge in [-0.05, 0) is 11.4 Å². The van der Waals surface area contributed by atoms with E-state index in [0.29, 0.717) is 18.7 Å². The monoisotopic (exact) mass is 328 g/mol. The molecule has 9 heteroatoms. The van der Waals surface area contributed by atoms with Crippen LogP contribution in [0.1, 0.15) is 21.0 Å². The van der Waals surface area contributed by atoms with E-state index in [1.165, 1.54) is 23.7 Å². The Morgan fingerprint density at radius 2 is 2.33 bits per heavy atom. The lowest BCUT2D eigenvalue weighted by molar-refractivity contribution is 0.0602. The minimum absolute atomic E-state index is 0.0146. The van der Waals surface area contributed by atoms with Gasteiger partial charge >= 0.3 is 5.97 Å². The maximum absolute atomic E-state index is 12.7. The van der Waals surface area contributed by atoms with E-state index < -0.39 is 16.0 Å². The molecule has 1 aliphatic heterocycles. The number of carbonyl (C=O) groups is 1. The number of esters is 1. The Bertz CT molecular complexity index is 777. The molecule has 0 saturated heterocycles. The fourth-order valence-electron chi connectivity index (χ4n) is 2.20. The van der Waals surface area contributed by atoms with Crippen molar-refractivity contribution in [2.45, 2.75) is 17.9 Å². The summed E-state index contributed by atoms with van der Waals surface area (Å²) in [5.74, 6) is 0.0613. The number of rotatable bonds is 3. The minimum Gasteiger partial charge on any atom is -0.465 e. The summed E-state index contributed by atoms with van der Waals surface area (Å²) in [6, 6.07) is 1.43. The largest absolute Gasteiger partial charge is 0.465 e. The van der Waals surface area contributed by atoms with Crippen molar-refractivity contribution < 1.29 is 22.5 Å². The van der Waals surface area contributed by atoms with Crippen LogP contribution in [0, 0.1) is 0 Å². The third kappa shape index (κ3) is 2.37. The van der Waals surface area contributed by atoms with Crippen molar-refractivity contribution in [3.05, 3.63) is 33.8 Å². The summed E-state index contributed by atoms with van der Waals surface area (Å²) in [5.41, 5.74) is 0.750. The van der Waals surface area contributed by atoms with Crippen LogP contribution in [0.15, 0.2) is 27.1 Å². The zero-order chi connectivity index (χ0) is 15.0. The van der Waals surface area contributed by atoms with Crippen molar-refractivity contribution in [1.29, 1.82) is 0 Å². The van der Waals surface area contributed by atoms with E-state index in [9.17, 15) is 13.2 Å². The van der Waals surface area contributed by atoms with Crippen LogP contribution in [0.5, 0.6) is 0 Å². The Kier molecular flexibility index (Phi) is 3.56. The number of fused-ring (bicyclic) bond motifs is 1. The number of hydrogen-bond acceptors (Lipinski definition) is 7. The number of hydrogen-bond donors (Lipinski definition) is 0.